The van der Waals surface area contributed by atoms with Gasteiger partial charge in [-0.15, -0.1) is 0 Å². The molecule has 1 aromatic carbocycles. The van der Waals surface area contributed by atoms with Crippen LogP contribution in [0.4, 0.5) is 0 Å². The third-order valence-electron chi connectivity index (χ3n) is 2.87. The maximum absolute atomic E-state index is 11.0. The zero-order chi connectivity index (χ0) is 14.4. The van der Waals surface area contributed by atoms with Crippen LogP contribution in [-0.4, -0.2) is 25.5 Å². The second-order valence-electron chi connectivity index (χ2n) is 4.60. The first-order valence-electron chi connectivity index (χ1n) is 6.20. The lowest BCUT2D eigenvalue weighted by Crippen LogP contribution is -2.37. The zero-order valence-electron chi connectivity index (χ0n) is 11.5. The molecule has 0 saturated carbocycles. The fourth-order valence-electron chi connectivity index (χ4n) is 1.75. The molecule has 0 aliphatic carbocycles. The van der Waals surface area contributed by atoms with Crippen molar-refractivity contribution in [3.63, 3.8) is 0 Å². The van der Waals surface area contributed by atoms with Gasteiger partial charge in [0.05, 0.1) is 7.11 Å². The molecule has 0 bridgehead atoms. The molecule has 0 spiro atoms. The van der Waals surface area contributed by atoms with E-state index in [4.69, 9.17) is 10.5 Å². The smallest absolute Gasteiger partial charge is 0.309 e. The standard InChI is InChI=1S/C14H20N2O3/c1-9(2)10-4-5-12(19-3)11(8-10)6-7-16-14(18)13(15)17/h4-5,8-9H,6-7H2,1-3H3,(H2,15,17)(H,16,18). The Hall–Kier alpha value is -2.04. The van der Waals surface area contributed by atoms with Crippen LogP contribution in [0.25, 0.3) is 0 Å². The summed E-state index contributed by atoms with van der Waals surface area (Å²) in [6.45, 7) is 4.57. The minimum Gasteiger partial charge on any atom is -0.496 e. The van der Waals surface area contributed by atoms with Gasteiger partial charge in [-0.3, -0.25) is 9.59 Å². The summed E-state index contributed by atoms with van der Waals surface area (Å²) in [5.41, 5.74) is 7.06. The van der Waals surface area contributed by atoms with Crippen molar-refractivity contribution >= 4 is 11.8 Å². The van der Waals surface area contributed by atoms with Crippen LogP contribution in [0.2, 0.25) is 0 Å². The van der Waals surface area contributed by atoms with Gasteiger partial charge in [0.2, 0.25) is 0 Å². The van der Waals surface area contributed by atoms with E-state index in [0.29, 0.717) is 18.9 Å². The molecule has 1 rings (SSSR count). The van der Waals surface area contributed by atoms with Crippen LogP contribution in [0.3, 0.4) is 0 Å². The second kappa shape index (κ2) is 6.78. The van der Waals surface area contributed by atoms with Crippen molar-refractivity contribution in [2.24, 2.45) is 5.73 Å². The topological polar surface area (TPSA) is 81.4 Å². The number of rotatable bonds is 5. The molecular formula is C14H20N2O3. The molecule has 5 heteroatoms. The largest absolute Gasteiger partial charge is 0.496 e. The number of amides is 2. The first-order valence-corrected chi connectivity index (χ1v) is 6.20. The minimum absolute atomic E-state index is 0.347. The first-order chi connectivity index (χ1) is 8.95. The van der Waals surface area contributed by atoms with E-state index in [1.165, 1.54) is 5.56 Å². The number of nitrogens with one attached hydrogen (secondary N) is 1. The van der Waals surface area contributed by atoms with Crippen LogP contribution in [0.1, 0.15) is 30.9 Å². The molecule has 5 nitrogen and oxygen atoms in total. The normalized spacial score (nSPS) is 10.3. The number of primary amides is 1. The first kappa shape index (κ1) is 15.0. The van der Waals surface area contributed by atoms with Gasteiger partial charge in [-0.05, 0) is 29.5 Å². The Morgan fingerprint density at radius 3 is 2.58 bits per heavy atom. The average Bonchev–Trinajstić information content (AvgIpc) is 2.38. The SMILES string of the molecule is COc1ccc(C(C)C)cc1CCNC(=O)C(N)=O. The van der Waals surface area contributed by atoms with E-state index >= 15 is 0 Å². The highest BCUT2D eigenvalue weighted by molar-refractivity contribution is 6.34. The minimum atomic E-state index is -0.970. The Kier molecular flexibility index (Phi) is 5.36. The van der Waals surface area contributed by atoms with Crippen LogP contribution in [0.15, 0.2) is 18.2 Å². The number of methoxy groups -OCH3 is 1. The fourth-order valence-corrected chi connectivity index (χ4v) is 1.75. The van der Waals surface area contributed by atoms with Gasteiger partial charge in [0.15, 0.2) is 0 Å². The maximum atomic E-state index is 11.0. The summed E-state index contributed by atoms with van der Waals surface area (Å²) >= 11 is 0. The van der Waals surface area contributed by atoms with Gasteiger partial charge in [0.1, 0.15) is 5.75 Å². The highest BCUT2D eigenvalue weighted by Gasteiger charge is 2.10. The summed E-state index contributed by atoms with van der Waals surface area (Å²) in [6, 6.07) is 6.00. The van der Waals surface area contributed by atoms with Gasteiger partial charge in [-0.2, -0.15) is 0 Å². The van der Waals surface area contributed by atoms with Crippen LogP contribution < -0.4 is 15.8 Å². The molecule has 2 amide bonds. The summed E-state index contributed by atoms with van der Waals surface area (Å²) in [7, 11) is 1.61. The van der Waals surface area contributed by atoms with Crippen molar-refractivity contribution in [2.75, 3.05) is 13.7 Å². The van der Waals surface area contributed by atoms with Crippen molar-refractivity contribution in [3.05, 3.63) is 29.3 Å². The highest BCUT2D eigenvalue weighted by Crippen LogP contribution is 2.24. The molecule has 1 aromatic rings. The third kappa shape index (κ3) is 4.28. The zero-order valence-corrected chi connectivity index (χ0v) is 11.5. The molecule has 0 aliphatic heterocycles. The van der Waals surface area contributed by atoms with Crippen LogP contribution >= 0.6 is 0 Å². The van der Waals surface area contributed by atoms with Gasteiger partial charge in [-0.25, -0.2) is 0 Å². The molecule has 0 aromatic heterocycles. The summed E-state index contributed by atoms with van der Waals surface area (Å²) in [4.78, 5) is 21.6. The van der Waals surface area contributed by atoms with E-state index in [1.54, 1.807) is 7.11 Å². The van der Waals surface area contributed by atoms with Gasteiger partial charge in [0, 0.05) is 6.54 Å². The monoisotopic (exact) mass is 264 g/mol. The average molecular weight is 264 g/mol. The van der Waals surface area contributed by atoms with Crippen molar-refractivity contribution in [2.45, 2.75) is 26.2 Å². The van der Waals surface area contributed by atoms with Gasteiger partial charge < -0.3 is 15.8 Å². The molecule has 0 radical (unpaired) electrons. The lowest BCUT2D eigenvalue weighted by atomic mass is 9.99. The van der Waals surface area contributed by atoms with Crippen molar-refractivity contribution < 1.29 is 14.3 Å². The van der Waals surface area contributed by atoms with Gasteiger partial charge in [0.25, 0.3) is 0 Å². The Bertz CT molecular complexity index is 470. The van der Waals surface area contributed by atoms with Crippen molar-refractivity contribution in [3.8, 4) is 5.75 Å². The summed E-state index contributed by atoms with van der Waals surface area (Å²) < 4.78 is 5.28. The molecule has 0 saturated heterocycles. The van der Waals surface area contributed by atoms with Crippen LogP contribution in [0, 0.1) is 0 Å². The summed E-state index contributed by atoms with van der Waals surface area (Å²) in [6.07, 6.45) is 0.586. The number of nitrogens with two attached hydrogens (primary N) is 1. The van der Waals surface area contributed by atoms with Crippen LogP contribution in [-0.2, 0) is 16.0 Å². The molecule has 3 N–H and O–H groups in total. The molecular weight excluding hydrogens is 244 g/mol. The Morgan fingerprint density at radius 2 is 2.05 bits per heavy atom. The second-order valence-corrected chi connectivity index (χ2v) is 4.60. The number of benzene rings is 1. The quantitative estimate of drug-likeness (QED) is 0.777. The maximum Gasteiger partial charge on any atom is 0.309 e. The number of hydrogen-bond donors (Lipinski definition) is 2. The van der Waals surface area contributed by atoms with E-state index in [-0.39, 0.29) is 0 Å². The highest BCUT2D eigenvalue weighted by atomic mass is 16.5. The summed E-state index contributed by atoms with van der Waals surface area (Å²) in [5.74, 6) is -0.538. The van der Waals surface area contributed by atoms with Crippen molar-refractivity contribution in [1.29, 1.82) is 0 Å². The van der Waals surface area contributed by atoms with E-state index in [9.17, 15) is 9.59 Å². The lowest BCUT2D eigenvalue weighted by molar-refractivity contribution is -0.137. The Balaban J connectivity index is 2.72. The number of hydrogen-bond acceptors (Lipinski definition) is 3. The number of carbonyl (C=O) groups excluding carboxylic acids is 2. The molecule has 0 heterocycles. The predicted octanol–water partition coefficient (Wildman–Crippen LogP) is 0.963. The predicted molar refractivity (Wildman–Crippen MR) is 73.0 cm³/mol. The molecule has 104 valence electrons. The Morgan fingerprint density at radius 1 is 1.37 bits per heavy atom. The fraction of sp³-hybridized carbons (Fsp3) is 0.429. The molecule has 0 atom stereocenters. The third-order valence-corrected chi connectivity index (χ3v) is 2.87. The molecule has 0 unspecified atom stereocenters. The summed E-state index contributed by atoms with van der Waals surface area (Å²) in [5, 5.41) is 2.46. The lowest BCUT2D eigenvalue weighted by Gasteiger charge is -2.13. The van der Waals surface area contributed by atoms with Gasteiger partial charge >= 0.3 is 11.8 Å². The Labute approximate surface area is 113 Å². The number of carbonyl (C=O) groups is 2. The van der Waals surface area contributed by atoms with E-state index < -0.39 is 11.8 Å². The molecule has 19 heavy (non-hydrogen) atoms. The number of ether oxygens (including phenoxy) is 1. The van der Waals surface area contributed by atoms with Crippen molar-refractivity contribution in [1.82, 2.24) is 5.32 Å². The van der Waals surface area contributed by atoms with Gasteiger partial charge in [-0.1, -0.05) is 26.0 Å². The van der Waals surface area contributed by atoms with E-state index in [2.05, 4.69) is 25.2 Å². The molecule has 0 fully saturated rings. The van der Waals surface area contributed by atoms with E-state index in [1.807, 2.05) is 12.1 Å². The van der Waals surface area contributed by atoms with Crippen LogP contribution in [0.5, 0.6) is 5.75 Å². The molecule has 0 aliphatic rings. The van der Waals surface area contributed by atoms with E-state index in [0.717, 1.165) is 11.3 Å².